The molecule has 0 aromatic heterocycles. The van der Waals surface area contributed by atoms with E-state index < -0.39 is 38.1 Å². The molecule has 0 fully saturated rings. The number of alkyl halides is 3. The minimum Gasteiger partial charge on any atom is -0.386 e. The molecule has 0 aliphatic heterocycles. The lowest BCUT2D eigenvalue weighted by Crippen LogP contribution is -2.20. The van der Waals surface area contributed by atoms with Crippen molar-refractivity contribution in [1.29, 1.82) is 0 Å². The Bertz CT molecular complexity index is 795. The standard InChI is InChI=1S/C14H18F3N3O3S/c1-7(12(18)19)3-4-24(22,23)11-5-8(2)9(13(20)21)6-10(11)14(15,16)17/h5-6H,3-4,18-19H2,1-2H3,(H2,20,21). The van der Waals surface area contributed by atoms with Crippen molar-refractivity contribution in [1.82, 2.24) is 0 Å². The van der Waals surface area contributed by atoms with Gasteiger partial charge in [-0.25, -0.2) is 8.42 Å². The van der Waals surface area contributed by atoms with Crippen LogP contribution in [0.4, 0.5) is 13.2 Å². The van der Waals surface area contributed by atoms with E-state index in [2.05, 4.69) is 0 Å². The number of carbonyl (C=O) groups is 1. The molecule has 10 heteroatoms. The van der Waals surface area contributed by atoms with Gasteiger partial charge in [0.1, 0.15) is 0 Å². The Labute approximate surface area is 137 Å². The van der Waals surface area contributed by atoms with Crippen LogP contribution in [-0.4, -0.2) is 20.1 Å². The molecule has 1 aromatic carbocycles. The monoisotopic (exact) mass is 365 g/mol. The minimum absolute atomic E-state index is 0.0414. The number of hydrogen-bond donors (Lipinski definition) is 3. The molecule has 0 bridgehead atoms. The predicted octanol–water partition coefficient (Wildman–Crippen LogP) is 1.43. The Hall–Kier alpha value is -2.23. The summed E-state index contributed by atoms with van der Waals surface area (Å²) < 4.78 is 64.3. The normalized spacial score (nSPS) is 12.0. The van der Waals surface area contributed by atoms with Crippen molar-refractivity contribution in [3.63, 3.8) is 0 Å². The molecule has 1 rings (SSSR count). The van der Waals surface area contributed by atoms with Crippen molar-refractivity contribution >= 4 is 15.7 Å². The Morgan fingerprint density at radius 1 is 1.17 bits per heavy atom. The lowest BCUT2D eigenvalue weighted by molar-refractivity contribution is -0.139. The highest BCUT2D eigenvalue weighted by Crippen LogP contribution is 2.36. The van der Waals surface area contributed by atoms with Crippen LogP contribution in [0.3, 0.4) is 0 Å². The summed E-state index contributed by atoms with van der Waals surface area (Å²) in [4.78, 5) is 10.3. The summed E-state index contributed by atoms with van der Waals surface area (Å²) in [5.41, 5.74) is 14.2. The van der Waals surface area contributed by atoms with Crippen molar-refractivity contribution < 1.29 is 26.4 Å². The number of primary amides is 1. The Morgan fingerprint density at radius 2 is 1.71 bits per heavy atom. The third kappa shape index (κ3) is 4.40. The van der Waals surface area contributed by atoms with E-state index in [-0.39, 0.29) is 23.4 Å². The van der Waals surface area contributed by atoms with E-state index in [1.165, 1.54) is 13.8 Å². The van der Waals surface area contributed by atoms with Gasteiger partial charge in [0, 0.05) is 5.56 Å². The van der Waals surface area contributed by atoms with Crippen LogP contribution in [0.1, 0.15) is 34.8 Å². The molecule has 0 saturated heterocycles. The molecule has 0 atom stereocenters. The van der Waals surface area contributed by atoms with E-state index in [0.717, 1.165) is 6.07 Å². The summed E-state index contributed by atoms with van der Waals surface area (Å²) >= 11 is 0. The molecular weight excluding hydrogens is 347 g/mol. The maximum Gasteiger partial charge on any atom is 0.417 e. The molecule has 6 N–H and O–H groups in total. The summed E-state index contributed by atoms with van der Waals surface area (Å²) in [5.74, 6) is -1.76. The predicted molar refractivity (Wildman–Crippen MR) is 82.4 cm³/mol. The molecule has 1 amide bonds. The number of hydrogen-bond acceptors (Lipinski definition) is 5. The van der Waals surface area contributed by atoms with Gasteiger partial charge in [0.05, 0.1) is 22.0 Å². The fraction of sp³-hybridized carbons (Fsp3) is 0.357. The number of benzene rings is 1. The van der Waals surface area contributed by atoms with Gasteiger partial charge in [-0.15, -0.1) is 0 Å². The molecule has 134 valence electrons. The molecule has 0 spiro atoms. The topological polar surface area (TPSA) is 129 Å². The van der Waals surface area contributed by atoms with Gasteiger partial charge in [0.25, 0.3) is 0 Å². The zero-order valence-electron chi connectivity index (χ0n) is 13.1. The quantitative estimate of drug-likeness (QED) is 0.727. The number of halogens is 3. The number of nitrogens with two attached hydrogens (primary N) is 3. The number of sulfone groups is 1. The van der Waals surface area contributed by atoms with Crippen molar-refractivity contribution in [2.75, 3.05) is 5.75 Å². The number of rotatable bonds is 5. The molecule has 6 nitrogen and oxygen atoms in total. The smallest absolute Gasteiger partial charge is 0.386 e. The van der Waals surface area contributed by atoms with E-state index in [1.807, 2.05) is 0 Å². The van der Waals surface area contributed by atoms with Crippen molar-refractivity contribution in [3.8, 4) is 0 Å². The first-order valence-electron chi connectivity index (χ1n) is 6.72. The second kappa shape index (κ2) is 6.71. The third-order valence-corrected chi connectivity index (χ3v) is 5.22. The Kier molecular flexibility index (Phi) is 5.54. The van der Waals surface area contributed by atoms with Crippen LogP contribution < -0.4 is 17.2 Å². The van der Waals surface area contributed by atoms with Gasteiger partial charge >= 0.3 is 6.18 Å². The van der Waals surface area contributed by atoms with Crippen molar-refractivity contribution in [2.45, 2.75) is 31.3 Å². The lowest BCUT2D eigenvalue weighted by Gasteiger charge is -2.16. The summed E-state index contributed by atoms with van der Waals surface area (Å²) in [5, 5.41) is 0. The maximum absolute atomic E-state index is 13.2. The zero-order valence-corrected chi connectivity index (χ0v) is 13.9. The van der Waals surface area contributed by atoms with Crippen LogP contribution in [0.5, 0.6) is 0 Å². The highest BCUT2D eigenvalue weighted by molar-refractivity contribution is 7.91. The van der Waals surface area contributed by atoms with E-state index >= 15 is 0 Å². The van der Waals surface area contributed by atoms with Crippen LogP contribution in [-0.2, 0) is 16.0 Å². The number of amides is 1. The highest BCUT2D eigenvalue weighted by Gasteiger charge is 2.38. The van der Waals surface area contributed by atoms with Gasteiger partial charge in [-0.3, -0.25) is 4.79 Å². The SMILES string of the molecule is CC(CCS(=O)(=O)c1cc(C)c(C(N)=O)cc1C(F)(F)F)=C(N)N. The fourth-order valence-electron chi connectivity index (χ4n) is 1.97. The molecule has 1 aromatic rings. The van der Waals surface area contributed by atoms with Gasteiger partial charge in [-0.1, -0.05) is 0 Å². The first-order valence-corrected chi connectivity index (χ1v) is 8.37. The summed E-state index contributed by atoms with van der Waals surface area (Å²) in [6.07, 6.45) is -5.07. The second-order valence-electron chi connectivity index (χ2n) is 5.33. The number of aryl methyl sites for hydroxylation is 1. The van der Waals surface area contributed by atoms with Crippen LogP contribution >= 0.6 is 0 Å². The fourth-order valence-corrected chi connectivity index (χ4v) is 3.63. The van der Waals surface area contributed by atoms with Gasteiger partial charge in [0.15, 0.2) is 9.84 Å². The van der Waals surface area contributed by atoms with Gasteiger partial charge < -0.3 is 17.2 Å². The number of allylic oxidation sites excluding steroid dienone is 1. The van der Waals surface area contributed by atoms with Crippen LogP contribution in [0, 0.1) is 6.92 Å². The average molecular weight is 365 g/mol. The molecule has 0 unspecified atom stereocenters. The molecule has 0 radical (unpaired) electrons. The molecular formula is C14H18F3N3O3S. The Morgan fingerprint density at radius 3 is 2.12 bits per heavy atom. The Balaban J connectivity index is 3.49. The maximum atomic E-state index is 13.2. The summed E-state index contributed by atoms with van der Waals surface area (Å²) in [6, 6.07) is 1.27. The van der Waals surface area contributed by atoms with E-state index in [4.69, 9.17) is 17.2 Å². The van der Waals surface area contributed by atoms with Crippen molar-refractivity contribution in [3.05, 3.63) is 40.2 Å². The molecule has 0 saturated carbocycles. The summed E-state index contributed by atoms with van der Waals surface area (Å²) in [7, 11) is -4.29. The zero-order chi connectivity index (χ0) is 18.9. The van der Waals surface area contributed by atoms with Gasteiger partial charge in [-0.05, 0) is 43.5 Å². The van der Waals surface area contributed by atoms with E-state index in [0.29, 0.717) is 11.6 Å². The second-order valence-corrected chi connectivity index (χ2v) is 7.41. The number of carbonyl (C=O) groups excluding carboxylic acids is 1. The van der Waals surface area contributed by atoms with Gasteiger partial charge in [-0.2, -0.15) is 13.2 Å². The highest BCUT2D eigenvalue weighted by atomic mass is 32.2. The first kappa shape index (κ1) is 19.8. The lowest BCUT2D eigenvalue weighted by atomic mass is 10.0. The van der Waals surface area contributed by atoms with Crippen molar-refractivity contribution in [2.24, 2.45) is 17.2 Å². The van der Waals surface area contributed by atoms with Crippen LogP contribution in [0.2, 0.25) is 0 Å². The third-order valence-electron chi connectivity index (χ3n) is 3.47. The van der Waals surface area contributed by atoms with Crippen LogP contribution in [0.15, 0.2) is 28.4 Å². The largest absolute Gasteiger partial charge is 0.417 e. The van der Waals surface area contributed by atoms with Gasteiger partial charge in [0.2, 0.25) is 5.91 Å². The van der Waals surface area contributed by atoms with E-state index in [1.54, 1.807) is 0 Å². The molecule has 0 heterocycles. The van der Waals surface area contributed by atoms with E-state index in [9.17, 15) is 26.4 Å². The average Bonchev–Trinajstić information content (AvgIpc) is 2.42. The molecule has 24 heavy (non-hydrogen) atoms. The van der Waals surface area contributed by atoms with Crippen LogP contribution in [0.25, 0.3) is 0 Å². The minimum atomic E-state index is -4.96. The molecule has 0 aliphatic carbocycles. The first-order chi connectivity index (χ1) is 10.8. The molecule has 0 aliphatic rings. The summed E-state index contributed by atoms with van der Waals surface area (Å²) in [6.45, 7) is 2.79.